The Bertz CT molecular complexity index is 1250. The maximum absolute atomic E-state index is 12.5. The fraction of sp³-hybridized carbons (Fsp3) is 0.310. The average Bonchev–Trinajstić information content (AvgIpc) is 3.26. The Morgan fingerprint density at radius 2 is 1.80 bits per heavy atom. The molecule has 0 fully saturated rings. The van der Waals surface area contributed by atoms with E-state index in [1.165, 1.54) is 5.56 Å². The summed E-state index contributed by atoms with van der Waals surface area (Å²) in [4.78, 5) is 17.3. The molecule has 1 N–H and O–H groups in total. The Labute approximate surface area is 206 Å². The second kappa shape index (κ2) is 12.1. The Morgan fingerprint density at radius 3 is 2.60 bits per heavy atom. The van der Waals surface area contributed by atoms with Gasteiger partial charge < -0.3 is 19.4 Å². The van der Waals surface area contributed by atoms with Crippen LogP contribution in [0.25, 0.3) is 11.0 Å². The molecule has 0 radical (unpaired) electrons. The van der Waals surface area contributed by atoms with Crippen molar-refractivity contribution in [3.05, 3.63) is 89.7 Å². The molecule has 4 aromatic rings. The largest absolute Gasteiger partial charge is 0.497 e. The van der Waals surface area contributed by atoms with Gasteiger partial charge in [0.15, 0.2) is 0 Å². The first-order chi connectivity index (χ1) is 17.2. The number of benzene rings is 3. The van der Waals surface area contributed by atoms with Gasteiger partial charge in [-0.2, -0.15) is 0 Å². The molecule has 35 heavy (non-hydrogen) atoms. The van der Waals surface area contributed by atoms with Gasteiger partial charge in [0.2, 0.25) is 0 Å². The summed E-state index contributed by atoms with van der Waals surface area (Å²) < 4.78 is 13.4. The molecule has 6 heteroatoms. The lowest BCUT2D eigenvalue weighted by molar-refractivity contribution is 0.0952. The lowest BCUT2D eigenvalue weighted by atomic mass is 10.2. The fourth-order valence-corrected chi connectivity index (χ4v) is 4.11. The van der Waals surface area contributed by atoms with Crippen LogP contribution in [-0.4, -0.2) is 35.7 Å². The standard InChI is InChI=1S/C29H33N3O3/c1-3-22-14-16-24(17-15-22)35-20-8-19-32-27-12-5-4-11-26(27)31-28(32)13-7-18-30-29(33)23-9-6-10-25(21-23)34-2/h4-6,9-12,14-17,21H,3,7-8,13,18-20H2,1-2H3,(H,30,33). The molecule has 0 aliphatic carbocycles. The van der Waals surface area contributed by atoms with Crippen LogP contribution in [0, 0.1) is 0 Å². The smallest absolute Gasteiger partial charge is 0.251 e. The number of methoxy groups -OCH3 is 1. The number of ether oxygens (including phenoxy) is 2. The number of nitrogens with one attached hydrogen (secondary N) is 1. The van der Waals surface area contributed by atoms with Crippen molar-refractivity contribution in [2.45, 2.75) is 39.2 Å². The van der Waals surface area contributed by atoms with Gasteiger partial charge in [-0.05, 0) is 67.3 Å². The van der Waals surface area contributed by atoms with Gasteiger partial charge in [0.25, 0.3) is 5.91 Å². The number of hydrogen-bond acceptors (Lipinski definition) is 4. The van der Waals surface area contributed by atoms with Crippen molar-refractivity contribution < 1.29 is 14.3 Å². The first-order valence-electron chi connectivity index (χ1n) is 12.3. The molecule has 6 nitrogen and oxygen atoms in total. The van der Waals surface area contributed by atoms with E-state index in [0.717, 1.165) is 54.8 Å². The van der Waals surface area contributed by atoms with E-state index in [4.69, 9.17) is 14.5 Å². The third kappa shape index (κ3) is 6.41. The van der Waals surface area contributed by atoms with Crippen LogP contribution in [0.15, 0.2) is 72.8 Å². The molecule has 4 rings (SSSR count). The molecule has 3 aromatic carbocycles. The zero-order chi connectivity index (χ0) is 24.5. The van der Waals surface area contributed by atoms with Crippen molar-refractivity contribution in [1.29, 1.82) is 0 Å². The molecule has 0 aliphatic rings. The summed E-state index contributed by atoms with van der Waals surface area (Å²) in [6, 6.07) is 23.7. The van der Waals surface area contributed by atoms with Crippen molar-refractivity contribution in [3.63, 3.8) is 0 Å². The van der Waals surface area contributed by atoms with Gasteiger partial charge in [-0.25, -0.2) is 4.98 Å². The quantitative estimate of drug-likeness (QED) is 0.280. The first-order valence-corrected chi connectivity index (χ1v) is 12.3. The minimum absolute atomic E-state index is 0.0958. The van der Waals surface area contributed by atoms with E-state index < -0.39 is 0 Å². The van der Waals surface area contributed by atoms with Crippen LogP contribution in [-0.2, 0) is 19.4 Å². The molecule has 182 valence electrons. The number of fused-ring (bicyclic) bond motifs is 1. The molecule has 1 amide bonds. The number of imidazole rings is 1. The van der Waals surface area contributed by atoms with Gasteiger partial charge in [0, 0.05) is 25.1 Å². The topological polar surface area (TPSA) is 65.4 Å². The highest BCUT2D eigenvalue weighted by Gasteiger charge is 2.11. The normalized spacial score (nSPS) is 10.9. The number of nitrogens with zero attached hydrogens (tertiary/aromatic N) is 2. The van der Waals surface area contributed by atoms with Crippen LogP contribution in [0.5, 0.6) is 11.5 Å². The summed E-state index contributed by atoms with van der Waals surface area (Å²) in [5.41, 5.74) is 4.04. The summed E-state index contributed by atoms with van der Waals surface area (Å²) in [5.74, 6) is 2.52. The molecular weight excluding hydrogens is 438 g/mol. The molecule has 0 unspecified atom stereocenters. The maximum atomic E-state index is 12.5. The van der Waals surface area contributed by atoms with Crippen LogP contribution >= 0.6 is 0 Å². The van der Waals surface area contributed by atoms with Crippen LogP contribution in [0.2, 0.25) is 0 Å². The summed E-state index contributed by atoms with van der Waals surface area (Å²) in [5, 5.41) is 3.00. The van der Waals surface area contributed by atoms with Crippen molar-refractivity contribution in [1.82, 2.24) is 14.9 Å². The summed E-state index contributed by atoms with van der Waals surface area (Å²) in [7, 11) is 1.60. The Balaban J connectivity index is 1.31. The molecule has 0 saturated carbocycles. The van der Waals surface area contributed by atoms with E-state index in [0.29, 0.717) is 24.5 Å². The van der Waals surface area contributed by atoms with Crippen LogP contribution < -0.4 is 14.8 Å². The van der Waals surface area contributed by atoms with Gasteiger partial charge in [-0.1, -0.05) is 37.3 Å². The minimum Gasteiger partial charge on any atom is -0.497 e. The van der Waals surface area contributed by atoms with Crippen LogP contribution in [0.1, 0.15) is 41.5 Å². The van der Waals surface area contributed by atoms with E-state index in [1.807, 2.05) is 42.5 Å². The summed E-state index contributed by atoms with van der Waals surface area (Å²) in [6.45, 7) is 4.21. The number of rotatable bonds is 12. The molecule has 0 aliphatic heterocycles. The number of hydrogen-bond donors (Lipinski definition) is 1. The third-order valence-corrected chi connectivity index (χ3v) is 6.05. The van der Waals surface area contributed by atoms with E-state index in [-0.39, 0.29) is 5.91 Å². The zero-order valence-electron chi connectivity index (χ0n) is 20.5. The van der Waals surface area contributed by atoms with Gasteiger partial charge >= 0.3 is 0 Å². The molecule has 1 aromatic heterocycles. The van der Waals surface area contributed by atoms with Crippen molar-refractivity contribution in [3.8, 4) is 11.5 Å². The number of aromatic nitrogens is 2. The van der Waals surface area contributed by atoms with Crippen molar-refractivity contribution in [2.24, 2.45) is 0 Å². The lowest BCUT2D eigenvalue weighted by Gasteiger charge is -2.11. The van der Waals surface area contributed by atoms with Gasteiger partial charge in [0.1, 0.15) is 17.3 Å². The molecule has 0 atom stereocenters. The number of para-hydroxylation sites is 2. The summed E-state index contributed by atoms with van der Waals surface area (Å²) >= 11 is 0. The number of carbonyl (C=O) groups is 1. The number of amides is 1. The van der Waals surface area contributed by atoms with Crippen LogP contribution in [0.4, 0.5) is 0 Å². The number of carbonyl (C=O) groups excluding carboxylic acids is 1. The third-order valence-electron chi connectivity index (χ3n) is 6.05. The predicted molar refractivity (Wildman–Crippen MR) is 139 cm³/mol. The second-order valence-corrected chi connectivity index (χ2v) is 8.46. The molecule has 0 saturated heterocycles. The van der Waals surface area contributed by atoms with Crippen molar-refractivity contribution in [2.75, 3.05) is 20.3 Å². The van der Waals surface area contributed by atoms with E-state index >= 15 is 0 Å². The van der Waals surface area contributed by atoms with Crippen LogP contribution in [0.3, 0.4) is 0 Å². The summed E-state index contributed by atoms with van der Waals surface area (Å²) in [6.07, 6.45) is 3.50. The van der Waals surface area contributed by atoms with E-state index in [1.54, 1.807) is 19.2 Å². The molecule has 1 heterocycles. The lowest BCUT2D eigenvalue weighted by Crippen LogP contribution is -2.25. The van der Waals surface area contributed by atoms with E-state index in [2.05, 4.69) is 35.0 Å². The first kappa shape index (κ1) is 24.3. The maximum Gasteiger partial charge on any atom is 0.251 e. The Morgan fingerprint density at radius 1 is 0.971 bits per heavy atom. The fourth-order valence-electron chi connectivity index (χ4n) is 4.11. The predicted octanol–water partition coefficient (Wildman–Crippen LogP) is 5.44. The monoisotopic (exact) mass is 471 g/mol. The van der Waals surface area contributed by atoms with E-state index in [9.17, 15) is 4.79 Å². The van der Waals surface area contributed by atoms with Crippen molar-refractivity contribution >= 4 is 16.9 Å². The average molecular weight is 472 g/mol. The highest BCUT2D eigenvalue weighted by atomic mass is 16.5. The minimum atomic E-state index is -0.0958. The zero-order valence-corrected chi connectivity index (χ0v) is 20.5. The Kier molecular flexibility index (Phi) is 8.39. The Hall–Kier alpha value is -3.80. The van der Waals surface area contributed by atoms with Gasteiger partial charge in [-0.3, -0.25) is 4.79 Å². The number of aryl methyl sites for hydroxylation is 3. The molecular formula is C29H33N3O3. The molecule has 0 bridgehead atoms. The van der Waals surface area contributed by atoms with Gasteiger partial charge in [0.05, 0.1) is 24.8 Å². The SMILES string of the molecule is CCc1ccc(OCCCn2c(CCCNC(=O)c3cccc(OC)c3)nc3ccccc32)cc1. The van der Waals surface area contributed by atoms with Gasteiger partial charge in [-0.15, -0.1) is 0 Å². The second-order valence-electron chi connectivity index (χ2n) is 8.46. The highest BCUT2D eigenvalue weighted by molar-refractivity contribution is 5.94. The highest BCUT2D eigenvalue weighted by Crippen LogP contribution is 2.19. The molecule has 0 spiro atoms.